The number of rotatable bonds is 5. The summed E-state index contributed by atoms with van der Waals surface area (Å²) in [4.78, 5) is 15.0. The Bertz CT molecular complexity index is 1250. The van der Waals surface area contributed by atoms with E-state index in [-0.39, 0.29) is 6.04 Å². The molecule has 0 N–H and O–H groups in total. The predicted molar refractivity (Wildman–Crippen MR) is 136 cm³/mol. The fourth-order valence-corrected chi connectivity index (χ4v) is 6.39. The fourth-order valence-electron chi connectivity index (χ4n) is 4.96. The number of piperidine rings is 1. The molecule has 0 saturated carbocycles. The second-order valence-corrected chi connectivity index (χ2v) is 11.3. The Labute approximate surface area is 202 Å². The Morgan fingerprint density at radius 3 is 2.21 bits per heavy atom. The number of anilines is 1. The Hall–Kier alpha value is -2.55. The van der Waals surface area contributed by atoms with E-state index in [0.717, 1.165) is 41.2 Å². The minimum absolute atomic E-state index is 0.0115. The molecule has 0 radical (unpaired) electrons. The lowest BCUT2D eigenvalue weighted by molar-refractivity contribution is 0.141. The van der Waals surface area contributed by atoms with Crippen molar-refractivity contribution in [3.8, 4) is 0 Å². The fraction of sp³-hybridized carbons (Fsp3) is 0.462. The summed E-state index contributed by atoms with van der Waals surface area (Å²) in [5, 5.41) is 1.11. The average Bonchev–Trinajstić information content (AvgIpc) is 2.88. The summed E-state index contributed by atoms with van der Waals surface area (Å²) in [5.74, 6) is 1.85. The van der Waals surface area contributed by atoms with E-state index in [1.165, 1.54) is 19.3 Å². The summed E-state index contributed by atoms with van der Waals surface area (Å²) >= 11 is 0. The number of aromatic nitrogens is 2. The van der Waals surface area contributed by atoms with Crippen LogP contribution in [0.3, 0.4) is 0 Å². The van der Waals surface area contributed by atoms with Gasteiger partial charge in [-0.15, -0.1) is 0 Å². The molecule has 1 aromatic heterocycles. The Morgan fingerprint density at radius 1 is 0.824 bits per heavy atom. The highest BCUT2D eigenvalue weighted by atomic mass is 32.2. The van der Waals surface area contributed by atoms with E-state index in [2.05, 4.69) is 34.9 Å². The Kier molecular flexibility index (Phi) is 6.55. The van der Waals surface area contributed by atoms with Crippen LogP contribution in [0.2, 0.25) is 0 Å². The quantitative estimate of drug-likeness (QED) is 0.551. The van der Waals surface area contributed by atoms with Crippen LogP contribution in [0.5, 0.6) is 0 Å². The van der Waals surface area contributed by atoms with Crippen LogP contribution in [0.25, 0.3) is 10.9 Å². The number of para-hydroxylation sites is 1. The van der Waals surface area contributed by atoms with Crippen molar-refractivity contribution in [2.24, 2.45) is 0 Å². The molecule has 0 aliphatic carbocycles. The van der Waals surface area contributed by atoms with Crippen molar-refractivity contribution in [3.63, 3.8) is 0 Å². The van der Waals surface area contributed by atoms with Crippen LogP contribution in [0.15, 0.2) is 53.4 Å². The molecule has 3 aromatic rings. The maximum absolute atomic E-state index is 13.1. The normalized spacial score (nSPS) is 19.4. The van der Waals surface area contributed by atoms with E-state index in [0.29, 0.717) is 31.1 Å². The molecule has 7 nitrogen and oxygen atoms in total. The van der Waals surface area contributed by atoms with Crippen molar-refractivity contribution < 1.29 is 8.42 Å². The molecular weight excluding hydrogens is 446 g/mol. The summed E-state index contributed by atoms with van der Waals surface area (Å²) in [7, 11) is -3.47. The van der Waals surface area contributed by atoms with Crippen LogP contribution >= 0.6 is 0 Å². The molecular formula is C26H33N5O2S. The van der Waals surface area contributed by atoms with Crippen molar-refractivity contribution in [2.45, 2.75) is 44.0 Å². The van der Waals surface area contributed by atoms with Gasteiger partial charge in [0.25, 0.3) is 0 Å². The zero-order valence-corrected chi connectivity index (χ0v) is 20.8. The standard InChI is InChI=1S/C26H33N5O2S/c1-20-10-12-22(13-11-20)34(32,33)31-18-16-29(17-19-31)21(2)25-27-24-9-5-4-8-23(24)26(28-25)30-14-6-3-7-15-30/h4-5,8-13,21H,3,6-7,14-19H2,1-2H3. The highest BCUT2D eigenvalue weighted by Gasteiger charge is 2.31. The third kappa shape index (κ3) is 4.54. The first kappa shape index (κ1) is 23.2. The Balaban J connectivity index is 1.35. The summed E-state index contributed by atoms with van der Waals surface area (Å²) in [5.41, 5.74) is 2.03. The van der Waals surface area contributed by atoms with E-state index in [9.17, 15) is 8.42 Å². The van der Waals surface area contributed by atoms with Gasteiger partial charge in [-0.2, -0.15) is 4.31 Å². The number of nitrogens with zero attached hydrogens (tertiary/aromatic N) is 5. The van der Waals surface area contributed by atoms with Gasteiger partial charge >= 0.3 is 0 Å². The molecule has 0 amide bonds. The number of piperazine rings is 1. The maximum atomic E-state index is 13.1. The van der Waals surface area contributed by atoms with Crippen molar-refractivity contribution >= 4 is 26.7 Å². The maximum Gasteiger partial charge on any atom is 0.243 e. The van der Waals surface area contributed by atoms with Gasteiger partial charge in [-0.25, -0.2) is 18.4 Å². The van der Waals surface area contributed by atoms with E-state index >= 15 is 0 Å². The van der Waals surface area contributed by atoms with Crippen molar-refractivity contribution in [1.82, 2.24) is 19.2 Å². The van der Waals surface area contributed by atoms with Gasteiger partial charge in [-0.1, -0.05) is 29.8 Å². The van der Waals surface area contributed by atoms with Crippen LogP contribution in [0.4, 0.5) is 5.82 Å². The van der Waals surface area contributed by atoms with E-state index < -0.39 is 10.0 Å². The van der Waals surface area contributed by atoms with Crippen LogP contribution in [-0.4, -0.2) is 66.9 Å². The minimum atomic E-state index is -3.47. The summed E-state index contributed by atoms with van der Waals surface area (Å²) in [6.45, 7) is 8.40. The molecule has 180 valence electrons. The SMILES string of the molecule is Cc1ccc(S(=O)(=O)N2CCN(C(C)c3nc(N4CCCCC4)c4ccccc4n3)CC2)cc1. The summed E-state index contributed by atoms with van der Waals surface area (Å²) in [6.07, 6.45) is 3.67. The van der Waals surface area contributed by atoms with Crippen molar-refractivity contribution in [1.29, 1.82) is 0 Å². The molecule has 0 spiro atoms. The number of hydrogen-bond acceptors (Lipinski definition) is 6. The van der Waals surface area contributed by atoms with Crippen LogP contribution < -0.4 is 4.90 Å². The number of aryl methyl sites for hydroxylation is 1. The molecule has 2 aromatic carbocycles. The first-order valence-electron chi connectivity index (χ1n) is 12.3. The van der Waals surface area contributed by atoms with Gasteiger partial charge in [0.2, 0.25) is 10.0 Å². The number of benzene rings is 2. The Morgan fingerprint density at radius 2 is 1.50 bits per heavy atom. The number of hydrogen-bond donors (Lipinski definition) is 0. The summed E-state index contributed by atoms with van der Waals surface area (Å²) in [6, 6.07) is 15.4. The van der Waals surface area contributed by atoms with Gasteiger partial charge in [0.15, 0.2) is 0 Å². The molecule has 1 unspecified atom stereocenters. The molecule has 1 atom stereocenters. The first-order chi connectivity index (χ1) is 16.4. The molecule has 2 aliphatic rings. The first-order valence-corrected chi connectivity index (χ1v) is 13.7. The summed E-state index contributed by atoms with van der Waals surface area (Å²) < 4.78 is 27.8. The topological polar surface area (TPSA) is 69.6 Å². The predicted octanol–water partition coefficient (Wildman–Crippen LogP) is 4.00. The highest BCUT2D eigenvalue weighted by Crippen LogP contribution is 2.30. The van der Waals surface area contributed by atoms with E-state index in [1.807, 2.05) is 25.1 Å². The van der Waals surface area contributed by atoms with Crippen LogP contribution in [0, 0.1) is 6.92 Å². The zero-order chi connectivity index (χ0) is 23.7. The third-order valence-corrected chi connectivity index (χ3v) is 9.02. The second-order valence-electron chi connectivity index (χ2n) is 9.40. The van der Waals surface area contributed by atoms with Crippen LogP contribution in [0.1, 0.15) is 43.6 Å². The van der Waals surface area contributed by atoms with Crippen LogP contribution in [-0.2, 0) is 10.0 Å². The van der Waals surface area contributed by atoms with Gasteiger partial charge in [0, 0.05) is 44.7 Å². The van der Waals surface area contributed by atoms with Gasteiger partial charge in [-0.05, 0) is 57.4 Å². The van der Waals surface area contributed by atoms with Gasteiger partial charge in [0.05, 0.1) is 16.5 Å². The molecule has 2 aliphatic heterocycles. The van der Waals surface area contributed by atoms with Crippen molar-refractivity contribution in [2.75, 3.05) is 44.2 Å². The third-order valence-electron chi connectivity index (χ3n) is 7.11. The largest absolute Gasteiger partial charge is 0.356 e. The molecule has 2 fully saturated rings. The van der Waals surface area contributed by atoms with E-state index in [4.69, 9.17) is 9.97 Å². The van der Waals surface area contributed by atoms with Gasteiger partial charge in [0.1, 0.15) is 11.6 Å². The molecule has 2 saturated heterocycles. The number of sulfonamides is 1. The lowest BCUT2D eigenvalue weighted by atomic mass is 10.1. The molecule has 34 heavy (non-hydrogen) atoms. The molecule has 3 heterocycles. The van der Waals surface area contributed by atoms with E-state index in [1.54, 1.807) is 16.4 Å². The lowest BCUT2D eigenvalue weighted by Gasteiger charge is -2.37. The zero-order valence-electron chi connectivity index (χ0n) is 20.0. The molecule has 0 bridgehead atoms. The molecule has 5 rings (SSSR count). The highest BCUT2D eigenvalue weighted by molar-refractivity contribution is 7.89. The van der Waals surface area contributed by atoms with Crippen molar-refractivity contribution in [3.05, 3.63) is 59.9 Å². The minimum Gasteiger partial charge on any atom is -0.356 e. The smallest absolute Gasteiger partial charge is 0.243 e. The molecule has 8 heteroatoms. The lowest BCUT2D eigenvalue weighted by Crippen LogP contribution is -2.49. The van der Waals surface area contributed by atoms with Gasteiger partial charge < -0.3 is 4.90 Å². The van der Waals surface area contributed by atoms with Gasteiger partial charge in [-0.3, -0.25) is 4.90 Å². The second kappa shape index (κ2) is 9.60. The number of fused-ring (bicyclic) bond motifs is 1. The monoisotopic (exact) mass is 479 g/mol. The average molecular weight is 480 g/mol.